The Morgan fingerprint density at radius 1 is 0.968 bits per heavy atom. The van der Waals surface area contributed by atoms with Crippen LogP contribution >= 0.6 is 24.8 Å². The summed E-state index contributed by atoms with van der Waals surface area (Å²) in [6.07, 6.45) is 12.9. The molecule has 3 heterocycles. The zero-order valence-electron chi connectivity index (χ0n) is 18.6. The minimum absolute atomic E-state index is 0. The van der Waals surface area contributed by atoms with Gasteiger partial charge in [-0.05, 0) is 32.6 Å². The molecule has 2 aromatic heterocycles. The van der Waals surface area contributed by atoms with E-state index in [2.05, 4.69) is 28.5 Å². The molecule has 1 unspecified atom stereocenters. The van der Waals surface area contributed by atoms with Gasteiger partial charge in [0.2, 0.25) is 0 Å². The quantitative estimate of drug-likeness (QED) is 0.683. The van der Waals surface area contributed by atoms with E-state index in [1.807, 2.05) is 4.52 Å². The Labute approximate surface area is 198 Å². The SMILES string of the molecule is CC1CN(c2cc(NC3CCCCC3)nc3nc(C4CCCCC4)nn23)CCN1.Cl.Cl. The summed E-state index contributed by atoms with van der Waals surface area (Å²) in [6, 6.07) is 3.22. The van der Waals surface area contributed by atoms with Crippen LogP contribution in [0.25, 0.3) is 5.78 Å². The van der Waals surface area contributed by atoms with E-state index < -0.39 is 0 Å². The normalized spacial score (nSPS) is 23.3. The molecule has 9 heteroatoms. The average molecular weight is 470 g/mol. The number of hydrogen-bond acceptors (Lipinski definition) is 6. The first-order valence-electron chi connectivity index (χ1n) is 11.8. The van der Waals surface area contributed by atoms with Crippen LogP contribution in [0.4, 0.5) is 11.6 Å². The lowest BCUT2D eigenvalue weighted by molar-refractivity contribution is 0.428. The molecule has 3 fully saturated rings. The first-order valence-corrected chi connectivity index (χ1v) is 11.8. The first-order chi connectivity index (χ1) is 14.3. The molecule has 1 atom stereocenters. The van der Waals surface area contributed by atoms with Gasteiger partial charge in [-0.3, -0.25) is 0 Å². The summed E-state index contributed by atoms with van der Waals surface area (Å²) in [5, 5.41) is 12.2. The van der Waals surface area contributed by atoms with E-state index in [-0.39, 0.29) is 24.8 Å². The third-order valence-electron chi connectivity index (χ3n) is 6.93. The van der Waals surface area contributed by atoms with Crippen LogP contribution in [0.3, 0.4) is 0 Å². The lowest BCUT2D eigenvalue weighted by Gasteiger charge is -2.33. The van der Waals surface area contributed by atoms with E-state index in [4.69, 9.17) is 15.1 Å². The minimum atomic E-state index is 0. The third-order valence-corrected chi connectivity index (χ3v) is 6.93. The summed E-state index contributed by atoms with van der Waals surface area (Å²) in [5.74, 6) is 4.35. The lowest BCUT2D eigenvalue weighted by Crippen LogP contribution is -2.49. The molecule has 2 N–H and O–H groups in total. The van der Waals surface area contributed by atoms with E-state index in [0.717, 1.165) is 42.9 Å². The molecule has 0 radical (unpaired) electrons. The van der Waals surface area contributed by atoms with Crippen molar-refractivity contribution in [2.75, 3.05) is 29.9 Å². The molecule has 7 nitrogen and oxygen atoms in total. The molecule has 174 valence electrons. The molecule has 0 aromatic carbocycles. The van der Waals surface area contributed by atoms with Crippen LogP contribution < -0.4 is 15.5 Å². The Bertz CT molecular complexity index is 831. The Morgan fingerprint density at radius 2 is 1.68 bits per heavy atom. The summed E-state index contributed by atoms with van der Waals surface area (Å²) >= 11 is 0. The molecule has 31 heavy (non-hydrogen) atoms. The molecule has 2 aliphatic carbocycles. The second-order valence-electron chi connectivity index (χ2n) is 9.30. The zero-order chi connectivity index (χ0) is 19.6. The Kier molecular flexibility index (Phi) is 8.65. The fourth-order valence-corrected chi connectivity index (χ4v) is 5.30. The van der Waals surface area contributed by atoms with Gasteiger partial charge in [0.15, 0.2) is 5.82 Å². The van der Waals surface area contributed by atoms with Crippen molar-refractivity contribution in [3.05, 3.63) is 11.9 Å². The number of halogens is 2. The number of anilines is 2. The molecule has 5 rings (SSSR count). The van der Waals surface area contributed by atoms with Crippen LogP contribution in [0.1, 0.15) is 82.9 Å². The van der Waals surface area contributed by atoms with Crippen molar-refractivity contribution in [3.63, 3.8) is 0 Å². The zero-order valence-corrected chi connectivity index (χ0v) is 20.2. The monoisotopic (exact) mass is 469 g/mol. The van der Waals surface area contributed by atoms with Crippen molar-refractivity contribution in [1.82, 2.24) is 24.9 Å². The molecule has 0 amide bonds. The standard InChI is InChI=1S/C22H35N7.2ClH/c1-16-15-28(13-12-23-16)20-14-19(24-18-10-6-3-7-11-18)25-22-26-21(27-29(20)22)17-8-4-2-5-9-17;;/h14,16-18,23H,2-13,15H2,1H3,(H,24,25,26,27);2*1H. The summed E-state index contributed by atoms with van der Waals surface area (Å²) in [6.45, 7) is 5.23. The van der Waals surface area contributed by atoms with E-state index in [1.165, 1.54) is 64.2 Å². The van der Waals surface area contributed by atoms with Gasteiger partial charge in [-0.15, -0.1) is 29.9 Å². The Hall–Kier alpha value is -1.31. The highest BCUT2D eigenvalue weighted by Crippen LogP contribution is 2.32. The largest absolute Gasteiger partial charge is 0.367 e. The second-order valence-corrected chi connectivity index (χ2v) is 9.30. The Balaban J connectivity index is 0.00000136. The number of nitrogens with one attached hydrogen (secondary N) is 2. The van der Waals surface area contributed by atoms with Gasteiger partial charge < -0.3 is 15.5 Å². The summed E-state index contributed by atoms with van der Waals surface area (Å²) in [5.41, 5.74) is 0. The van der Waals surface area contributed by atoms with Gasteiger partial charge in [0.25, 0.3) is 5.78 Å². The number of nitrogens with zero attached hydrogens (tertiary/aromatic N) is 5. The Morgan fingerprint density at radius 3 is 2.39 bits per heavy atom. The predicted octanol–water partition coefficient (Wildman–Crippen LogP) is 4.56. The molecular formula is C22H37Cl2N7. The maximum atomic E-state index is 4.98. The molecule has 1 aliphatic heterocycles. The van der Waals surface area contributed by atoms with Crippen molar-refractivity contribution in [2.45, 2.75) is 89.1 Å². The van der Waals surface area contributed by atoms with E-state index in [9.17, 15) is 0 Å². The van der Waals surface area contributed by atoms with Gasteiger partial charge in [0, 0.05) is 43.7 Å². The molecule has 2 aromatic rings. The van der Waals surface area contributed by atoms with Crippen LogP contribution in [0, 0.1) is 0 Å². The van der Waals surface area contributed by atoms with Gasteiger partial charge in [0.05, 0.1) is 0 Å². The summed E-state index contributed by atoms with van der Waals surface area (Å²) in [7, 11) is 0. The average Bonchev–Trinajstić information content (AvgIpc) is 3.19. The number of aromatic nitrogens is 4. The fourth-order valence-electron chi connectivity index (χ4n) is 5.30. The van der Waals surface area contributed by atoms with Gasteiger partial charge in [-0.1, -0.05) is 38.5 Å². The summed E-state index contributed by atoms with van der Waals surface area (Å²) < 4.78 is 2.01. The fraction of sp³-hybridized carbons (Fsp3) is 0.773. The first kappa shape index (κ1) is 24.3. The highest BCUT2D eigenvalue weighted by molar-refractivity contribution is 5.85. The van der Waals surface area contributed by atoms with Crippen LogP contribution in [0.2, 0.25) is 0 Å². The van der Waals surface area contributed by atoms with Gasteiger partial charge in [-0.25, -0.2) is 0 Å². The number of hydrogen-bond donors (Lipinski definition) is 2. The molecule has 3 aliphatic rings. The van der Waals surface area contributed by atoms with Crippen molar-refractivity contribution in [2.24, 2.45) is 0 Å². The molecule has 1 saturated heterocycles. The van der Waals surface area contributed by atoms with E-state index in [1.54, 1.807) is 0 Å². The van der Waals surface area contributed by atoms with Crippen molar-refractivity contribution in [3.8, 4) is 0 Å². The van der Waals surface area contributed by atoms with Gasteiger partial charge >= 0.3 is 0 Å². The van der Waals surface area contributed by atoms with Gasteiger partial charge in [0.1, 0.15) is 11.6 Å². The van der Waals surface area contributed by atoms with Crippen LogP contribution in [0.15, 0.2) is 6.07 Å². The van der Waals surface area contributed by atoms with Crippen LogP contribution in [0.5, 0.6) is 0 Å². The van der Waals surface area contributed by atoms with Crippen molar-refractivity contribution in [1.29, 1.82) is 0 Å². The number of fused-ring (bicyclic) bond motifs is 1. The second kappa shape index (κ2) is 11.0. The topological polar surface area (TPSA) is 70.4 Å². The van der Waals surface area contributed by atoms with Crippen molar-refractivity contribution < 1.29 is 0 Å². The predicted molar refractivity (Wildman–Crippen MR) is 131 cm³/mol. The van der Waals surface area contributed by atoms with E-state index >= 15 is 0 Å². The number of piperazine rings is 1. The highest BCUT2D eigenvalue weighted by Gasteiger charge is 2.25. The lowest BCUT2D eigenvalue weighted by atomic mass is 9.89. The summed E-state index contributed by atoms with van der Waals surface area (Å²) in [4.78, 5) is 12.3. The van der Waals surface area contributed by atoms with Crippen LogP contribution in [-0.4, -0.2) is 51.3 Å². The highest BCUT2D eigenvalue weighted by atomic mass is 35.5. The maximum Gasteiger partial charge on any atom is 0.256 e. The molecule has 0 bridgehead atoms. The molecule has 2 saturated carbocycles. The molecule has 0 spiro atoms. The maximum absolute atomic E-state index is 4.98. The minimum Gasteiger partial charge on any atom is -0.367 e. The molecular weight excluding hydrogens is 433 g/mol. The van der Waals surface area contributed by atoms with Gasteiger partial charge in [-0.2, -0.15) is 14.5 Å². The smallest absolute Gasteiger partial charge is 0.256 e. The number of rotatable bonds is 4. The third kappa shape index (κ3) is 5.55. The van der Waals surface area contributed by atoms with Crippen molar-refractivity contribution >= 4 is 42.2 Å². The van der Waals surface area contributed by atoms with Crippen LogP contribution in [-0.2, 0) is 0 Å². The van der Waals surface area contributed by atoms with E-state index in [0.29, 0.717) is 18.0 Å².